The number of piperazine rings is 1. The van der Waals surface area contributed by atoms with Gasteiger partial charge in [-0.05, 0) is 31.2 Å². The molecule has 0 aliphatic carbocycles. The van der Waals surface area contributed by atoms with E-state index in [2.05, 4.69) is 4.98 Å². The molecule has 1 fully saturated rings. The largest absolute Gasteiger partial charge is 0.480 e. The predicted octanol–water partition coefficient (Wildman–Crippen LogP) is 1.90. The van der Waals surface area contributed by atoms with Crippen molar-refractivity contribution in [3.63, 3.8) is 0 Å². The summed E-state index contributed by atoms with van der Waals surface area (Å²) in [7, 11) is 1.77. The second kappa shape index (κ2) is 7.03. The summed E-state index contributed by atoms with van der Waals surface area (Å²) >= 11 is 0. The van der Waals surface area contributed by atoms with Crippen LogP contribution in [0.1, 0.15) is 16.1 Å². The van der Waals surface area contributed by atoms with E-state index in [1.54, 1.807) is 23.0 Å². The molecular formula is C19H21N3O3. The summed E-state index contributed by atoms with van der Waals surface area (Å²) in [6, 6.07) is 10.8. The minimum Gasteiger partial charge on any atom is -0.480 e. The van der Waals surface area contributed by atoms with Gasteiger partial charge in [0.15, 0.2) is 0 Å². The predicted molar refractivity (Wildman–Crippen MR) is 94.4 cm³/mol. The van der Waals surface area contributed by atoms with Crippen LogP contribution in [0, 0.1) is 6.92 Å². The maximum Gasteiger partial charge on any atom is 0.322 e. The van der Waals surface area contributed by atoms with Crippen molar-refractivity contribution in [3.05, 3.63) is 53.9 Å². The lowest BCUT2D eigenvalue weighted by molar-refractivity contribution is -0.144. The molecule has 0 spiro atoms. The van der Waals surface area contributed by atoms with Gasteiger partial charge in [0.25, 0.3) is 5.91 Å². The molecule has 0 bridgehead atoms. The monoisotopic (exact) mass is 339 g/mol. The number of likely N-dealkylation sites (N-methyl/N-ethyl adjacent to an activating group) is 1. The van der Waals surface area contributed by atoms with Crippen LogP contribution in [0.25, 0.3) is 11.1 Å². The van der Waals surface area contributed by atoms with E-state index in [1.165, 1.54) is 0 Å². The van der Waals surface area contributed by atoms with Gasteiger partial charge < -0.3 is 10.0 Å². The van der Waals surface area contributed by atoms with Gasteiger partial charge in [0.1, 0.15) is 6.04 Å². The van der Waals surface area contributed by atoms with Crippen LogP contribution in [0.5, 0.6) is 0 Å². The molecule has 2 aromatic rings. The van der Waals surface area contributed by atoms with Gasteiger partial charge in [-0.25, -0.2) is 0 Å². The number of carbonyl (C=O) groups excluding carboxylic acids is 1. The lowest BCUT2D eigenvalue weighted by Crippen LogP contribution is -2.56. The van der Waals surface area contributed by atoms with Crippen LogP contribution in [0.3, 0.4) is 0 Å². The van der Waals surface area contributed by atoms with E-state index in [0.29, 0.717) is 24.3 Å². The van der Waals surface area contributed by atoms with E-state index in [0.717, 1.165) is 11.1 Å². The average Bonchev–Trinajstić information content (AvgIpc) is 2.62. The van der Waals surface area contributed by atoms with Gasteiger partial charge in [-0.15, -0.1) is 0 Å². The summed E-state index contributed by atoms with van der Waals surface area (Å²) in [5.41, 5.74) is 2.96. The Kier molecular flexibility index (Phi) is 4.81. The van der Waals surface area contributed by atoms with Crippen LogP contribution in [0.4, 0.5) is 0 Å². The highest BCUT2D eigenvalue weighted by Gasteiger charge is 2.33. The first-order valence-electron chi connectivity index (χ1n) is 8.22. The van der Waals surface area contributed by atoms with Crippen molar-refractivity contribution in [2.75, 3.05) is 26.7 Å². The van der Waals surface area contributed by atoms with E-state index in [4.69, 9.17) is 0 Å². The normalized spacial score (nSPS) is 18.2. The number of aromatic nitrogens is 1. The van der Waals surface area contributed by atoms with E-state index in [-0.39, 0.29) is 12.5 Å². The van der Waals surface area contributed by atoms with Crippen molar-refractivity contribution in [1.29, 1.82) is 0 Å². The van der Waals surface area contributed by atoms with Crippen LogP contribution in [-0.4, -0.2) is 64.5 Å². The third-order valence-electron chi connectivity index (χ3n) is 4.66. The van der Waals surface area contributed by atoms with Crippen molar-refractivity contribution >= 4 is 11.9 Å². The van der Waals surface area contributed by atoms with Crippen LogP contribution in [0.2, 0.25) is 0 Å². The quantitative estimate of drug-likeness (QED) is 0.924. The molecule has 1 aromatic carbocycles. The zero-order chi connectivity index (χ0) is 18.0. The molecule has 3 rings (SSSR count). The van der Waals surface area contributed by atoms with Crippen LogP contribution in [-0.2, 0) is 4.79 Å². The molecule has 1 aromatic heterocycles. The maximum atomic E-state index is 13.2. The van der Waals surface area contributed by atoms with Gasteiger partial charge in [-0.2, -0.15) is 0 Å². The Morgan fingerprint density at radius 1 is 1.16 bits per heavy atom. The molecule has 6 nitrogen and oxygen atoms in total. The number of pyridine rings is 1. The van der Waals surface area contributed by atoms with Crippen molar-refractivity contribution < 1.29 is 14.7 Å². The van der Waals surface area contributed by atoms with Gasteiger partial charge in [0, 0.05) is 25.8 Å². The molecule has 2 heterocycles. The summed E-state index contributed by atoms with van der Waals surface area (Å²) in [5.74, 6) is -1.07. The number of carboxylic acids is 1. The standard InChI is InChI=1S/C19H21N3O3/c1-13-17(15(8-9-20-13)14-6-4-3-5-7-14)18(23)22-11-10-21(2)16(12-22)19(24)25/h3-9,16H,10-12H2,1-2H3,(H,24,25). The van der Waals surface area contributed by atoms with E-state index in [1.807, 2.05) is 43.3 Å². The number of aliphatic carboxylic acids is 1. The Morgan fingerprint density at radius 2 is 1.88 bits per heavy atom. The number of carboxylic acid groups (broad SMARTS) is 1. The average molecular weight is 339 g/mol. The minimum absolute atomic E-state index is 0.163. The lowest BCUT2D eigenvalue weighted by atomic mass is 9.98. The molecule has 1 amide bonds. The van der Waals surface area contributed by atoms with Crippen LogP contribution in [0.15, 0.2) is 42.6 Å². The Balaban J connectivity index is 1.96. The highest BCUT2D eigenvalue weighted by atomic mass is 16.4. The lowest BCUT2D eigenvalue weighted by Gasteiger charge is -2.37. The first-order chi connectivity index (χ1) is 12.0. The number of hydrogen-bond donors (Lipinski definition) is 1. The zero-order valence-corrected chi connectivity index (χ0v) is 14.3. The van der Waals surface area contributed by atoms with E-state index >= 15 is 0 Å². The number of benzene rings is 1. The summed E-state index contributed by atoms with van der Waals surface area (Å²) in [6.07, 6.45) is 1.69. The Morgan fingerprint density at radius 3 is 2.56 bits per heavy atom. The van der Waals surface area contributed by atoms with Crippen molar-refractivity contribution in [1.82, 2.24) is 14.8 Å². The number of carbonyl (C=O) groups is 2. The number of rotatable bonds is 3. The second-order valence-electron chi connectivity index (χ2n) is 6.27. The fourth-order valence-corrected chi connectivity index (χ4v) is 3.18. The zero-order valence-electron chi connectivity index (χ0n) is 14.3. The molecule has 6 heteroatoms. The first-order valence-corrected chi connectivity index (χ1v) is 8.22. The smallest absolute Gasteiger partial charge is 0.322 e. The van der Waals surface area contributed by atoms with Crippen molar-refractivity contribution in [3.8, 4) is 11.1 Å². The first kappa shape index (κ1) is 17.1. The van der Waals surface area contributed by atoms with E-state index in [9.17, 15) is 14.7 Å². The number of hydrogen-bond acceptors (Lipinski definition) is 4. The van der Waals surface area contributed by atoms with Gasteiger partial charge in [-0.1, -0.05) is 30.3 Å². The van der Waals surface area contributed by atoms with Crippen molar-refractivity contribution in [2.24, 2.45) is 0 Å². The van der Waals surface area contributed by atoms with E-state index < -0.39 is 12.0 Å². The summed E-state index contributed by atoms with van der Waals surface area (Å²) in [5, 5.41) is 9.37. The molecular weight excluding hydrogens is 318 g/mol. The highest BCUT2D eigenvalue weighted by Crippen LogP contribution is 2.27. The van der Waals surface area contributed by atoms with Gasteiger partial charge in [-0.3, -0.25) is 19.5 Å². The molecule has 1 saturated heterocycles. The SMILES string of the molecule is Cc1nccc(-c2ccccc2)c1C(=O)N1CCN(C)C(C(=O)O)C1. The molecule has 0 radical (unpaired) electrons. The summed E-state index contributed by atoms with van der Waals surface area (Å²) in [4.78, 5) is 32.3. The Hall–Kier alpha value is -2.73. The molecule has 1 aliphatic rings. The third-order valence-corrected chi connectivity index (χ3v) is 4.66. The minimum atomic E-state index is -0.911. The van der Waals surface area contributed by atoms with Gasteiger partial charge >= 0.3 is 5.97 Å². The Bertz CT molecular complexity index is 792. The van der Waals surface area contributed by atoms with Gasteiger partial charge in [0.2, 0.25) is 0 Å². The van der Waals surface area contributed by atoms with Crippen LogP contribution >= 0.6 is 0 Å². The van der Waals surface area contributed by atoms with Crippen LogP contribution < -0.4 is 0 Å². The number of nitrogens with zero attached hydrogens (tertiary/aromatic N) is 3. The van der Waals surface area contributed by atoms with Crippen molar-refractivity contribution in [2.45, 2.75) is 13.0 Å². The third kappa shape index (κ3) is 3.39. The number of amides is 1. The fourth-order valence-electron chi connectivity index (χ4n) is 3.18. The molecule has 1 atom stereocenters. The molecule has 1 unspecified atom stereocenters. The van der Waals surface area contributed by atoms with Gasteiger partial charge in [0.05, 0.1) is 11.3 Å². The summed E-state index contributed by atoms with van der Waals surface area (Å²) in [6.45, 7) is 3.02. The summed E-state index contributed by atoms with van der Waals surface area (Å²) < 4.78 is 0. The molecule has 1 N–H and O–H groups in total. The molecule has 130 valence electrons. The maximum absolute atomic E-state index is 13.2. The molecule has 0 saturated carbocycles. The molecule has 1 aliphatic heterocycles. The number of aryl methyl sites for hydroxylation is 1. The highest BCUT2D eigenvalue weighted by molar-refractivity contribution is 6.02. The second-order valence-corrected chi connectivity index (χ2v) is 6.27. The topological polar surface area (TPSA) is 73.7 Å². The fraction of sp³-hybridized carbons (Fsp3) is 0.316. The molecule has 25 heavy (non-hydrogen) atoms. The Labute approximate surface area is 146 Å².